The number of carbonyl (C=O) groups excluding carboxylic acids is 1. The largest absolute Gasteiger partial charge is 0.382 e. The van der Waals surface area contributed by atoms with E-state index in [1.165, 1.54) is 11.3 Å². The van der Waals surface area contributed by atoms with E-state index in [4.69, 9.17) is 38.2 Å². The summed E-state index contributed by atoms with van der Waals surface area (Å²) in [7, 11) is 0. The summed E-state index contributed by atoms with van der Waals surface area (Å²) < 4.78 is 27.5. The number of hydrogen-bond donors (Lipinski definition) is 2. The van der Waals surface area contributed by atoms with E-state index in [-0.39, 0.29) is 29.0 Å². The molecule has 4 atom stereocenters. The third kappa shape index (κ3) is 4.25. The molecule has 3 fully saturated rings. The number of thiazole rings is 1. The fourth-order valence-electron chi connectivity index (χ4n) is 6.54. The Morgan fingerprint density at radius 3 is 2.52 bits per heavy atom. The highest BCUT2D eigenvalue weighted by Gasteiger charge is 2.56. The second-order valence-corrected chi connectivity index (χ2v) is 13.0. The number of hydrogen-bond acceptors (Lipinski definition) is 7. The highest BCUT2D eigenvalue weighted by Crippen LogP contribution is 2.57. The average Bonchev–Trinajstić information content (AvgIpc) is 3.49. The molecule has 0 spiro atoms. The van der Waals surface area contributed by atoms with Gasteiger partial charge in [-0.2, -0.15) is 0 Å². The smallest absolute Gasteiger partial charge is 0.248 e. The van der Waals surface area contributed by atoms with Crippen LogP contribution in [0.2, 0.25) is 10.0 Å². The quantitative estimate of drug-likeness (QED) is 0.237. The number of rotatable bonds is 7. The molecule has 1 amide bonds. The Labute approximate surface area is 243 Å². The van der Waals surface area contributed by atoms with Crippen LogP contribution in [-0.4, -0.2) is 27.3 Å². The first-order valence-corrected chi connectivity index (χ1v) is 15.0. The predicted molar refractivity (Wildman–Crippen MR) is 150 cm³/mol. The first-order valence-electron chi connectivity index (χ1n) is 13.4. The SMILES string of the molecule is NC(=O)c1cc(F)c2nc([C@@]3(O)[C@@H]4CC[C@H]3C[C@@H](OCc3c(-c5c(Cl)cccc5Cl)noc3C3CC3)C4)sc2c1. The Morgan fingerprint density at radius 1 is 1.18 bits per heavy atom. The number of primary amides is 1. The van der Waals surface area contributed by atoms with Crippen LogP contribution in [0, 0.1) is 17.7 Å². The Bertz CT molecular complexity index is 1620. The number of aliphatic hydroxyl groups is 1. The van der Waals surface area contributed by atoms with Crippen molar-refractivity contribution in [1.29, 1.82) is 0 Å². The van der Waals surface area contributed by atoms with Gasteiger partial charge >= 0.3 is 0 Å². The molecule has 40 heavy (non-hydrogen) atoms. The van der Waals surface area contributed by atoms with Crippen LogP contribution in [0.25, 0.3) is 21.5 Å². The first-order chi connectivity index (χ1) is 19.2. The minimum Gasteiger partial charge on any atom is -0.382 e. The van der Waals surface area contributed by atoms with Crippen molar-refractivity contribution in [1.82, 2.24) is 10.1 Å². The lowest BCUT2D eigenvalue weighted by Crippen LogP contribution is -2.44. The van der Waals surface area contributed by atoms with Crippen molar-refractivity contribution in [3.8, 4) is 11.3 Å². The topological polar surface area (TPSA) is 111 Å². The molecule has 0 unspecified atom stereocenters. The Hall–Kier alpha value is -2.56. The molecule has 11 heteroatoms. The van der Waals surface area contributed by atoms with Gasteiger partial charge in [0, 0.05) is 22.6 Å². The van der Waals surface area contributed by atoms with Gasteiger partial charge in [-0.15, -0.1) is 11.3 Å². The maximum Gasteiger partial charge on any atom is 0.248 e. The second kappa shape index (κ2) is 9.77. The molecule has 3 saturated carbocycles. The number of fused-ring (bicyclic) bond motifs is 3. The maximum atomic E-state index is 14.7. The number of aromatic nitrogens is 2. The molecule has 3 N–H and O–H groups in total. The number of halogens is 3. The van der Waals surface area contributed by atoms with Crippen LogP contribution in [0.15, 0.2) is 34.9 Å². The van der Waals surface area contributed by atoms with Gasteiger partial charge in [-0.3, -0.25) is 4.79 Å². The van der Waals surface area contributed by atoms with E-state index in [0.29, 0.717) is 56.4 Å². The zero-order chi connectivity index (χ0) is 27.8. The van der Waals surface area contributed by atoms with Gasteiger partial charge in [0.1, 0.15) is 27.6 Å². The van der Waals surface area contributed by atoms with Gasteiger partial charge in [0.25, 0.3) is 0 Å². The highest BCUT2D eigenvalue weighted by atomic mass is 35.5. The molecule has 0 aliphatic heterocycles. The van der Waals surface area contributed by atoms with Crippen LogP contribution >= 0.6 is 34.5 Å². The number of nitrogens with zero attached hydrogens (tertiary/aromatic N) is 2. The van der Waals surface area contributed by atoms with Crippen molar-refractivity contribution in [3.05, 3.63) is 68.1 Å². The normalized spacial score (nSPS) is 26.1. The third-order valence-electron chi connectivity index (χ3n) is 8.71. The number of benzene rings is 2. The summed E-state index contributed by atoms with van der Waals surface area (Å²) in [5, 5.41) is 17.8. The van der Waals surface area contributed by atoms with E-state index in [0.717, 1.165) is 43.1 Å². The van der Waals surface area contributed by atoms with Gasteiger partial charge < -0.3 is 20.1 Å². The van der Waals surface area contributed by atoms with E-state index in [9.17, 15) is 14.3 Å². The second-order valence-electron chi connectivity index (χ2n) is 11.1. The average molecular weight is 603 g/mol. The summed E-state index contributed by atoms with van der Waals surface area (Å²) >= 11 is 14.2. The van der Waals surface area contributed by atoms with Crippen molar-refractivity contribution >= 4 is 50.7 Å². The van der Waals surface area contributed by atoms with Gasteiger partial charge in [0.2, 0.25) is 5.91 Å². The fourth-order valence-corrected chi connectivity index (χ4v) is 8.38. The lowest BCUT2D eigenvalue weighted by atomic mass is 9.73. The molecule has 0 radical (unpaired) electrons. The van der Waals surface area contributed by atoms with Gasteiger partial charge in [0.15, 0.2) is 5.82 Å². The summed E-state index contributed by atoms with van der Waals surface area (Å²) in [6.45, 7) is 0.303. The predicted octanol–water partition coefficient (Wildman–Crippen LogP) is 6.97. The minimum absolute atomic E-state index is 0.0816. The molecule has 0 saturated heterocycles. The summed E-state index contributed by atoms with van der Waals surface area (Å²) in [4.78, 5) is 16.1. The van der Waals surface area contributed by atoms with Gasteiger partial charge in [-0.05, 0) is 74.6 Å². The van der Waals surface area contributed by atoms with E-state index in [2.05, 4.69) is 10.1 Å². The fraction of sp³-hybridized carbons (Fsp3) is 0.414. The van der Waals surface area contributed by atoms with Crippen molar-refractivity contribution < 1.29 is 23.6 Å². The zero-order valence-electron chi connectivity index (χ0n) is 21.3. The summed E-state index contributed by atoms with van der Waals surface area (Å²) in [5.74, 6) is -0.339. The van der Waals surface area contributed by atoms with Crippen molar-refractivity contribution in [2.75, 3.05) is 0 Å². The Balaban J connectivity index is 1.14. The number of carbonyl (C=O) groups is 1. The van der Waals surface area contributed by atoms with Gasteiger partial charge in [-0.1, -0.05) is 34.4 Å². The van der Waals surface area contributed by atoms with E-state index in [1.807, 2.05) is 0 Å². The van der Waals surface area contributed by atoms with Crippen molar-refractivity contribution in [3.63, 3.8) is 0 Å². The lowest BCUT2D eigenvalue weighted by Gasteiger charge is -2.41. The van der Waals surface area contributed by atoms with Crippen LogP contribution in [-0.2, 0) is 16.9 Å². The zero-order valence-corrected chi connectivity index (χ0v) is 23.7. The Morgan fingerprint density at radius 2 is 1.88 bits per heavy atom. The molecule has 208 valence electrons. The number of nitrogens with two attached hydrogens (primary N) is 1. The van der Waals surface area contributed by atoms with Crippen molar-refractivity contribution in [2.45, 2.75) is 62.8 Å². The summed E-state index contributed by atoms with van der Waals surface area (Å²) in [5.41, 5.74) is 6.55. The molecule has 2 aromatic heterocycles. The van der Waals surface area contributed by atoms with E-state index in [1.54, 1.807) is 24.3 Å². The van der Waals surface area contributed by atoms with Crippen LogP contribution in [0.4, 0.5) is 4.39 Å². The molecule has 3 aliphatic carbocycles. The molecule has 2 heterocycles. The van der Waals surface area contributed by atoms with Crippen LogP contribution in [0.1, 0.15) is 71.1 Å². The summed E-state index contributed by atoms with van der Waals surface area (Å²) in [6, 6.07) is 7.99. The number of amides is 1. The monoisotopic (exact) mass is 601 g/mol. The van der Waals surface area contributed by atoms with Gasteiger partial charge in [0.05, 0.1) is 27.5 Å². The molecular formula is C29H26Cl2FN3O4S. The molecule has 7 nitrogen and oxygen atoms in total. The molecule has 2 aromatic carbocycles. The molecule has 3 aliphatic rings. The van der Waals surface area contributed by atoms with Crippen LogP contribution < -0.4 is 5.73 Å². The Kier molecular flexibility index (Phi) is 6.44. The summed E-state index contributed by atoms with van der Waals surface area (Å²) in [6.07, 6.45) is 4.94. The lowest BCUT2D eigenvalue weighted by molar-refractivity contribution is -0.116. The minimum atomic E-state index is -1.17. The molecular weight excluding hydrogens is 576 g/mol. The molecule has 4 aromatic rings. The van der Waals surface area contributed by atoms with Crippen molar-refractivity contribution in [2.24, 2.45) is 17.6 Å². The van der Waals surface area contributed by atoms with E-state index < -0.39 is 17.3 Å². The van der Waals surface area contributed by atoms with Crippen LogP contribution in [0.5, 0.6) is 0 Å². The van der Waals surface area contributed by atoms with Crippen LogP contribution in [0.3, 0.4) is 0 Å². The number of ether oxygens (including phenoxy) is 1. The first kappa shape index (κ1) is 26.3. The molecule has 7 rings (SSSR count). The standard InChI is InChI=1S/C29H26Cl2FN3O4S/c30-19-2-1-3-20(31)23(19)24-18(26(39-35-24)13-4-5-13)12-38-17-10-15-6-7-16(11-17)29(15,37)28-34-25-21(32)8-14(27(33)36)9-22(25)40-28/h1-3,8-9,13,15-17,37H,4-7,10-12H2,(H2,33,36)/t15-,16+,17+,29-. The maximum absolute atomic E-state index is 14.7. The third-order valence-corrected chi connectivity index (χ3v) is 10.5. The van der Waals surface area contributed by atoms with Gasteiger partial charge in [-0.25, -0.2) is 9.37 Å². The molecule has 2 bridgehead atoms. The van der Waals surface area contributed by atoms with E-state index >= 15 is 0 Å². The highest BCUT2D eigenvalue weighted by molar-refractivity contribution is 7.18.